The highest BCUT2D eigenvalue weighted by Gasteiger charge is 2.18. The monoisotopic (exact) mass is 247 g/mol. The molecule has 0 aromatic heterocycles. The molecule has 1 fully saturated rings. The number of hydrogen-bond acceptors (Lipinski definition) is 2. The van der Waals surface area contributed by atoms with Gasteiger partial charge in [-0.05, 0) is 36.5 Å². The molecule has 0 amide bonds. The maximum atomic E-state index is 6.28. The van der Waals surface area contributed by atoms with Gasteiger partial charge in [-0.15, -0.1) is 0 Å². The van der Waals surface area contributed by atoms with E-state index in [9.17, 15) is 0 Å². The summed E-state index contributed by atoms with van der Waals surface area (Å²) in [7, 11) is 0. The van der Waals surface area contributed by atoms with Crippen LogP contribution in [0.5, 0.6) is 5.75 Å². The van der Waals surface area contributed by atoms with E-state index in [1.807, 2.05) is 12.1 Å². The van der Waals surface area contributed by atoms with Crippen molar-refractivity contribution in [2.45, 2.75) is 51.5 Å². The fourth-order valence-electron chi connectivity index (χ4n) is 2.77. The van der Waals surface area contributed by atoms with Crippen molar-refractivity contribution < 1.29 is 4.74 Å². The second-order valence-corrected chi connectivity index (χ2v) is 5.41. The first kappa shape index (κ1) is 13.4. The molecule has 1 atom stereocenters. The lowest BCUT2D eigenvalue weighted by molar-refractivity contribution is 0.317. The molecule has 0 aliphatic heterocycles. The fourth-order valence-corrected chi connectivity index (χ4v) is 2.77. The van der Waals surface area contributed by atoms with Crippen LogP contribution in [-0.4, -0.2) is 6.61 Å². The van der Waals surface area contributed by atoms with Gasteiger partial charge in [0.25, 0.3) is 0 Å². The van der Waals surface area contributed by atoms with Crippen molar-refractivity contribution >= 4 is 0 Å². The first-order valence-corrected chi connectivity index (χ1v) is 7.28. The van der Waals surface area contributed by atoms with Gasteiger partial charge in [0.05, 0.1) is 6.61 Å². The summed E-state index contributed by atoms with van der Waals surface area (Å²) < 4.78 is 5.58. The number of rotatable bonds is 6. The Balaban J connectivity index is 1.87. The molecule has 1 aliphatic carbocycles. The normalized spacial score (nSPS) is 17.9. The van der Waals surface area contributed by atoms with Crippen LogP contribution in [0.2, 0.25) is 0 Å². The van der Waals surface area contributed by atoms with Crippen molar-refractivity contribution in [3.05, 3.63) is 29.8 Å². The topological polar surface area (TPSA) is 35.2 Å². The van der Waals surface area contributed by atoms with Crippen LogP contribution in [0.25, 0.3) is 0 Å². The van der Waals surface area contributed by atoms with Gasteiger partial charge in [0.15, 0.2) is 0 Å². The van der Waals surface area contributed by atoms with Crippen LogP contribution in [0.1, 0.15) is 57.1 Å². The lowest BCUT2D eigenvalue weighted by atomic mass is 9.94. The van der Waals surface area contributed by atoms with Gasteiger partial charge in [-0.1, -0.05) is 44.7 Å². The molecular formula is C16H25NO. The Kier molecular flexibility index (Phi) is 5.06. The quantitative estimate of drug-likeness (QED) is 0.823. The Hall–Kier alpha value is -1.02. The third-order valence-corrected chi connectivity index (χ3v) is 3.84. The van der Waals surface area contributed by atoms with Crippen LogP contribution in [0.4, 0.5) is 0 Å². The molecule has 1 aromatic carbocycles. The zero-order valence-corrected chi connectivity index (χ0v) is 11.4. The molecule has 0 radical (unpaired) electrons. The minimum Gasteiger partial charge on any atom is -0.494 e. The third-order valence-electron chi connectivity index (χ3n) is 3.84. The lowest BCUT2D eigenvalue weighted by Gasteiger charge is -2.17. The zero-order valence-electron chi connectivity index (χ0n) is 11.4. The molecule has 0 saturated heterocycles. The predicted octanol–water partition coefficient (Wildman–Crippen LogP) is 4.06. The van der Waals surface area contributed by atoms with Gasteiger partial charge in [0.2, 0.25) is 0 Å². The molecule has 2 nitrogen and oxygen atoms in total. The minimum atomic E-state index is 0.188. The Labute approximate surface area is 111 Å². The highest BCUT2D eigenvalue weighted by molar-refractivity contribution is 5.29. The van der Waals surface area contributed by atoms with E-state index in [2.05, 4.69) is 19.1 Å². The van der Waals surface area contributed by atoms with Gasteiger partial charge in [0, 0.05) is 6.04 Å². The Bertz CT molecular complexity index is 341. The highest BCUT2D eigenvalue weighted by atomic mass is 16.5. The van der Waals surface area contributed by atoms with Crippen LogP contribution >= 0.6 is 0 Å². The van der Waals surface area contributed by atoms with Crippen molar-refractivity contribution in [1.82, 2.24) is 0 Å². The van der Waals surface area contributed by atoms with Crippen LogP contribution in [0.15, 0.2) is 24.3 Å². The average molecular weight is 247 g/mol. The van der Waals surface area contributed by atoms with E-state index < -0.39 is 0 Å². The SMILES string of the molecule is CCCOc1ccc(C(N)CC2CCCC2)cc1. The summed E-state index contributed by atoms with van der Waals surface area (Å²) in [5.41, 5.74) is 7.53. The van der Waals surface area contributed by atoms with Crippen molar-refractivity contribution in [3.8, 4) is 5.75 Å². The summed E-state index contributed by atoms with van der Waals surface area (Å²) in [5.74, 6) is 1.80. The molecule has 0 spiro atoms. The van der Waals surface area contributed by atoms with Crippen LogP contribution in [-0.2, 0) is 0 Å². The van der Waals surface area contributed by atoms with E-state index >= 15 is 0 Å². The third kappa shape index (κ3) is 3.74. The predicted molar refractivity (Wildman–Crippen MR) is 75.7 cm³/mol. The lowest BCUT2D eigenvalue weighted by Crippen LogP contribution is -2.14. The van der Waals surface area contributed by atoms with E-state index in [1.165, 1.54) is 31.2 Å². The number of ether oxygens (including phenoxy) is 1. The average Bonchev–Trinajstić information content (AvgIpc) is 2.89. The van der Waals surface area contributed by atoms with Gasteiger partial charge in [0.1, 0.15) is 5.75 Å². The maximum absolute atomic E-state index is 6.28. The second-order valence-electron chi connectivity index (χ2n) is 5.41. The molecule has 0 bridgehead atoms. The van der Waals surface area contributed by atoms with Crippen LogP contribution in [0, 0.1) is 5.92 Å². The van der Waals surface area contributed by atoms with Gasteiger partial charge in [-0.3, -0.25) is 0 Å². The Morgan fingerprint density at radius 3 is 2.50 bits per heavy atom. The Morgan fingerprint density at radius 2 is 1.89 bits per heavy atom. The summed E-state index contributed by atoms with van der Waals surface area (Å²) in [6, 6.07) is 8.50. The molecule has 18 heavy (non-hydrogen) atoms. The van der Waals surface area contributed by atoms with Gasteiger partial charge < -0.3 is 10.5 Å². The number of nitrogens with two attached hydrogens (primary N) is 1. The Morgan fingerprint density at radius 1 is 1.22 bits per heavy atom. The van der Waals surface area contributed by atoms with E-state index in [0.29, 0.717) is 0 Å². The van der Waals surface area contributed by atoms with Gasteiger partial charge in [-0.2, -0.15) is 0 Å². The number of hydrogen-bond donors (Lipinski definition) is 1. The van der Waals surface area contributed by atoms with Crippen molar-refractivity contribution in [2.24, 2.45) is 11.7 Å². The van der Waals surface area contributed by atoms with Gasteiger partial charge in [-0.25, -0.2) is 0 Å². The molecular weight excluding hydrogens is 222 g/mol. The molecule has 0 heterocycles. The molecule has 100 valence electrons. The maximum Gasteiger partial charge on any atom is 0.119 e. The first-order valence-electron chi connectivity index (χ1n) is 7.28. The standard InChI is InChI=1S/C16H25NO/c1-2-11-18-15-9-7-14(8-10-15)16(17)12-13-5-3-4-6-13/h7-10,13,16H,2-6,11-12,17H2,1H3. The molecule has 1 unspecified atom stereocenters. The largest absolute Gasteiger partial charge is 0.494 e. The van der Waals surface area contributed by atoms with Crippen LogP contribution in [0.3, 0.4) is 0 Å². The fraction of sp³-hybridized carbons (Fsp3) is 0.625. The van der Waals surface area contributed by atoms with Crippen molar-refractivity contribution in [2.75, 3.05) is 6.61 Å². The van der Waals surface area contributed by atoms with E-state index in [1.54, 1.807) is 0 Å². The molecule has 2 heteroatoms. The molecule has 1 saturated carbocycles. The zero-order chi connectivity index (χ0) is 12.8. The summed E-state index contributed by atoms with van der Waals surface area (Å²) in [6.07, 6.45) is 7.69. The van der Waals surface area contributed by atoms with Crippen molar-refractivity contribution in [3.63, 3.8) is 0 Å². The first-order chi connectivity index (χ1) is 8.79. The smallest absolute Gasteiger partial charge is 0.119 e. The van der Waals surface area contributed by atoms with E-state index in [0.717, 1.165) is 31.1 Å². The molecule has 1 aromatic rings. The summed E-state index contributed by atoms with van der Waals surface area (Å²) in [4.78, 5) is 0. The second kappa shape index (κ2) is 6.79. The van der Waals surface area contributed by atoms with E-state index in [-0.39, 0.29) is 6.04 Å². The number of benzene rings is 1. The van der Waals surface area contributed by atoms with Crippen LogP contribution < -0.4 is 10.5 Å². The minimum absolute atomic E-state index is 0.188. The van der Waals surface area contributed by atoms with Crippen molar-refractivity contribution in [1.29, 1.82) is 0 Å². The molecule has 2 N–H and O–H groups in total. The summed E-state index contributed by atoms with van der Waals surface area (Å²) in [6.45, 7) is 2.90. The molecule has 1 aliphatic rings. The summed E-state index contributed by atoms with van der Waals surface area (Å²) >= 11 is 0. The summed E-state index contributed by atoms with van der Waals surface area (Å²) in [5, 5.41) is 0. The highest BCUT2D eigenvalue weighted by Crippen LogP contribution is 2.32. The van der Waals surface area contributed by atoms with Gasteiger partial charge >= 0.3 is 0 Å². The molecule has 2 rings (SSSR count). The van der Waals surface area contributed by atoms with E-state index in [4.69, 9.17) is 10.5 Å².